The lowest BCUT2D eigenvalue weighted by Crippen LogP contribution is -2.30. The fraction of sp³-hybridized carbons (Fsp3) is 0.444. The molecule has 1 heterocycles. The molecule has 2 nitrogen and oxygen atoms in total. The standard InChI is InChI=1S/C9H13NOS/c1-6-4-5-12-9(6)8(11)7(2)10-3/h4-5,7,10H,1-3H3. The van der Waals surface area contributed by atoms with Crippen LogP contribution in [0.5, 0.6) is 0 Å². The van der Waals surface area contributed by atoms with E-state index in [9.17, 15) is 4.79 Å². The van der Waals surface area contributed by atoms with Crippen LogP contribution in [0.15, 0.2) is 11.4 Å². The molecule has 0 spiro atoms. The van der Waals surface area contributed by atoms with Crippen molar-refractivity contribution in [1.29, 1.82) is 0 Å². The highest BCUT2D eigenvalue weighted by Gasteiger charge is 2.15. The van der Waals surface area contributed by atoms with Gasteiger partial charge in [0, 0.05) is 0 Å². The summed E-state index contributed by atoms with van der Waals surface area (Å²) in [5.74, 6) is 0.185. The minimum atomic E-state index is -0.0812. The largest absolute Gasteiger partial charge is 0.310 e. The molecule has 0 bridgehead atoms. The third kappa shape index (κ3) is 1.73. The van der Waals surface area contributed by atoms with Crippen molar-refractivity contribution in [1.82, 2.24) is 5.32 Å². The summed E-state index contributed by atoms with van der Waals surface area (Å²) in [6.45, 7) is 3.84. The minimum Gasteiger partial charge on any atom is -0.310 e. The monoisotopic (exact) mass is 183 g/mol. The van der Waals surface area contributed by atoms with Gasteiger partial charge >= 0.3 is 0 Å². The maximum Gasteiger partial charge on any atom is 0.189 e. The van der Waals surface area contributed by atoms with Crippen molar-refractivity contribution in [2.75, 3.05) is 7.05 Å². The molecule has 1 unspecified atom stereocenters. The van der Waals surface area contributed by atoms with E-state index >= 15 is 0 Å². The van der Waals surface area contributed by atoms with Crippen LogP contribution >= 0.6 is 11.3 Å². The molecule has 0 aliphatic heterocycles. The van der Waals surface area contributed by atoms with Crippen molar-refractivity contribution < 1.29 is 4.79 Å². The van der Waals surface area contributed by atoms with Gasteiger partial charge in [0.2, 0.25) is 0 Å². The highest BCUT2D eigenvalue weighted by molar-refractivity contribution is 7.12. The van der Waals surface area contributed by atoms with Crippen molar-refractivity contribution in [3.63, 3.8) is 0 Å². The number of Topliss-reactive ketones (excluding diaryl/α,β-unsaturated/α-hetero) is 1. The molecule has 0 radical (unpaired) electrons. The van der Waals surface area contributed by atoms with Crippen LogP contribution in [0.2, 0.25) is 0 Å². The smallest absolute Gasteiger partial charge is 0.189 e. The van der Waals surface area contributed by atoms with Gasteiger partial charge in [-0.2, -0.15) is 0 Å². The maximum absolute atomic E-state index is 11.6. The van der Waals surface area contributed by atoms with E-state index in [1.165, 1.54) is 11.3 Å². The third-order valence-corrected chi connectivity index (χ3v) is 2.94. The van der Waals surface area contributed by atoms with Gasteiger partial charge in [0.1, 0.15) is 0 Å². The van der Waals surface area contributed by atoms with E-state index < -0.39 is 0 Å². The lowest BCUT2D eigenvalue weighted by molar-refractivity contribution is 0.0958. The predicted molar refractivity (Wildman–Crippen MR) is 51.9 cm³/mol. The van der Waals surface area contributed by atoms with E-state index in [4.69, 9.17) is 0 Å². The first-order valence-corrected chi connectivity index (χ1v) is 4.80. The van der Waals surface area contributed by atoms with Crippen LogP contribution in [0.3, 0.4) is 0 Å². The third-order valence-electron chi connectivity index (χ3n) is 1.91. The number of ketones is 1. The molecule has 0 saturated carbocycles. The molecule has 66 valence electrons. The lowest BCUT2D eigenvalue weighted by atomic mass is 10.1. The number of likely N-dealkylation sites (N-methyl/N-ethyl adjacent to an activating group) is 1. The summed E-state index contributed by atoms with van der Waals surface area (Å²) in [7, 11) is 1.80. The number of thiophene rings is 1. The molecule has 0 aliphatic rings. The predicted octanol–water partition coefficient (Wildman–Crippen LogP) is 1.85. The zero-order valence-electron chi connectivity index (χ0n) is 7.55. The van der Waals surface area contributed by atoms with E-state index in [-0.39, 0.29) is 11.8 Å². The summed E-state index contributed by atoms with van der Waals surface area (Å²) >= 11 is 1.51. The number of carbonyl (C=O) groups excluding carboxylic acids is 1. The Morgan fingerprint density at radius 3 is 2.75 bits per heavy atom. The average Bonchev–Trinajstić information content (AvgIpc) is 2.48. The summed E-state index contributed by atoms with van der Waals surface area (Å²) in [6, 6.07) is 1.89. The van der Waals surface area contributed by atoms with Crippen LogP contribution in [0, 0.1) is 6.92 Å². The van der Waals surface area contributed by atoms with Gasteiger partial charge in [-0.05, 0) is 37.9 Å². The van der Waals surface area contributed by atoms with Gasteiger partial charge in [0.05, 0.1) is 10.9 Å². The molecule has 1 N–H and O–H groups in total. The fourth-order valence-corrected chi connectivity index (χ4v) is 1.91. The quantitative estimate of drug-likeness (QED) is 0.724. The van der Waals surface area contributed by atoms with Crippen molar-refractivity contribution in [2.24, 2.45) is 0 Å². The Balaban J connectivity index is 2.85. The summed E-state index contributed by atoms with van der Waals surface area (Å²) in [5, 5.41) is 4.89. The van der Waals surface area contributed by atoms with Crippen LogP contribution in [0.1, 0.15) is 22.2 Å². The van der Waals surface area contributed by atoms with Gasteiger partial charge in [0.25, 0.3) is 0 Å². The first-order valence-electron chi connectivity index (χ1n) is 3.92. The van der Waals surface area contributed by atoms with Crippen molar-refractivity contribution in [2.45, 2.75) is 19.9 Å². The lowest BCUT2D eigenvalue weighted by Gasteiger charge is -2.07. The number of aryl methyl sites for hydroxylation is 1. The maximum atomic E-state index is 11.6. The second-order valence-corrected chi connectivity index (χ2v) is 3.72. The molecule has 0 aromatic carbocycles. The molecule has 0 saturated heterocycles. The first kappa shape index (κ1) is 9.42. The van der Waals surface area contributed by atoms with Gasteiger partial charge in [-0.3, -0.25) is 4.79 Å². The average molecular weight is 183 g/mol. The number of hydrogen-bond acceptors (Lipinski definition) is 3. The van der Waals surface area contributed by atoms with Gasteiger partial charge in [-0.1, -0.05) is 0 Å². The zero-order chi connectivity index (χ0) is 9.14. The Bertz CT molecular complexity index is 280. The Morgan fingerprint density at radius 1 is 1.67 bits per heavy atom. The van der Waals surface area contributed by atoms with Gasteiger partial charge in [-0.15, -0.1) is 11.3 Å². The molecule has 0 fully saturated rings. The van der Waals surface area contributed by atoms with Crippen molar-refractivity contribution in [3.05, 3.63) is 21.9 Å². The first-order chi connectivity index (χ1) is 5.66. The van der Waals surface area contributed by atoms with Gasteiger partial charge in [-0.25, -0.2) is 0 Å². The molecule has 1 aromatic heterocycles. The SMILES string of the molecule is CNC(C)C(=O)c1sccc1C. The van der Waals surface area contributed by atoms with Crippen LogP contribution in [0.25, 0.3) is 0 Å². The summed E-state index contributed by atoms with van der Waals surface area (Å²) in [6.07, 6.45) is 0. The van der Waals surface area contributed by atoms with E-state index in [0.717, 1.165) is 10.4 Å². The van der Waals surface area contributed by atoms with Gasteiger partial charge < -0.3 is 5.32 Å². The van der Waals surface area contributed by atoms with E-state index in [1.54, 1.807) is 7.05 Å². The van der Waals surface area contributed by atoms with Crippen LogP contribution in [0.4, 0.5) is 0 Å². The summed E-state index contributed by atoms with van der Waals surface area (Å²) in [4.78, 5) is 12.5. The van der Waals surface area contributed by atoms with Crippen LogP contribution in [-0.4, -0.2) is 18.9 Å². The second kappa shape index (κ2) is 3.83. The van der Waals surface area contributed by atoms with E-state index in [1.807, 2.05) is 25.3 Å². The minimum absolute atomic E-state index is 0.0812. The Labute approximate surface area is 76.6 Å². The zero-order valence-corrected chi connectivity index (χ0v) is 8.37. The normalized spacial score (nSPS) is 12.9. The highest BCUT2D eigenvalue weighted by Crippen LogP contribution is 2.17. The van der Waals surface area contributed by atoms with Gasteiger partial charge in [0.15, 0.2) is 5.78 Å². The highest BCUT2D eigenvalue weighted by atomic mass is 32.1. The molecular formula is C9H13NOS. The Morgan fingerprint density at radius 2 is 2.33 bits per heavy atom. The molecule has 1 atom stereocenters. The number of carbonyl (C=O) groups is 1. The molecule has 12 heavy (non-hydrogen) atoms. The number of rotatable bonds is 3. The summed E-state index contributed by atoms with van der Waals surface area (Å²) < 4.78 is 0. The Kier molecular flexibility index (Phi) is 3.00. The van der Waals surface area contributed by atoms with E-state index in [2.05, 4.69) is 5.32 Å². The Hall–Kier alpha value is -0.670. The molecule has 1 rings (SSSR count). The molecule has 0 amide bonds. The second-order valence-electron chi connectivity index (χ2n) is 2.81. The molecular weight excluding hydrogens is 170 g/mol. The molecule has 0 aliphatic carbocycles. The fourth-order valence-electron chi connectivity index (χ4n) is 0.953. The van der Waals surface area contributed by atoms with Crippen LogP contribution in [-0.2, 0) is 0 Å². The number of hydrogen-bond donors (Lipinski definition) is 1. The van der Waals surface area contributed by atoms with Crippen molar-refractivity contribution >= 4 is 17.1 Å². The van der Waals surface area contributed by atoms with Crippen LogP contribution < -0.4 is 5.32 Å². The number of nitrogens with one attached hydrogen (secondary N) is 1. The molecule has 1 aromatic rings. The summed E-state index contributed by atoms with van der Waals surface area (Å²) in [5.41, 5.74) is 1.08. The molecule has 3 heteroatoms. The topological polar surface area (TPSA) is 29.1 Å². The van der Waals surface area contributed by atoms with E-state index in [0.29, 0.717) is 0 Å². The van der Waals surface area contributed by atoms with Crippen molar-refractivity contribution in [3.8, 4) is 0 Å².